The van der Waals surface area contributed by atoms with Gasteiger partial charge >= 0.3 is 6.15 Å². The zero-order chi connectivity index (χ0) is 22.3. The predicted molar refractivity (Wildman–Crippen MR) is 115 cm³/mol. The Kier molecular flexibility index (Phi) is 7.95. The molecule has 1 aromatic carbocycles. The van der Waals surface area contributed by atoms with Crippen LogP contribution in [0.2, 0.25) is 0 Å². The van der Waals surface area contributed by atoms with Gasteiger partial charge in [-0.1, -0.05) is 26.8 Å². The summed E-state index contributed by atoms with van der Waals surface area (Å²) < 4.78 is 6.30. The van der Waals surface area contributed by atoms with Gasteiger partial charge in [0.2, 0.25) is 5.91 Å². The van der Waals surface area contributed by atoms with Crippen LogP contribution in [0.1, 0.15) is 58.6 Å². The van der Waals surface area contributed by atoms with Gasteiger partial charge in [0.1, 0.15) is 5.75 Å². The molecule has 1 saturated carbocycles. The molecule has 0 bridgehead atoms. The lowest BCUT2D eigenvalue weighted by atomic mass is 9.87. The van der Waals surface area contributed by atoms with Gasteiger partial charge in [-0.25, -0.2) is 0 Å². The van der Waals surface area contributed by atoms with E-state index in [1.165, 1.54) is 0 Å². The number of hydrogen-bond donors (Lipinski definition) is 2. The first-order valence-corrected chi connectivity index (χ1v) is 10.3. The second-order valence-corrected chi connectivity index (χ2v) is 8.39. The summed E-state index contributed by atoms with van der Waals surface area (Å²) in [6, 6.07) is 8.02. The number of hydrogen-bond acceptors (Lipinski definition) is 6. The van der Waals surface area contributed by atoms with Crippen molar-refractivity contribution in [1.29, 1.82) is 0 Å². The van der Waals surface area contributed by atoms with Crippen molar-refractivity contribution >= 4 is 28.6 Å². The number of anilines is 1. The fourth-order valence-corrected chi connectivity index (χ4v) is 3.57. The molecule has 0 saturated heterocycles. The van der Waals surface area contributed by atoms with E-state index in [4.69, 9.17) is 20.1 Å². The van der Waals surface area contributed by atoms with Crippen molar-refractivity contribution in [3.05, 3.63) is 30.0 Å². The minimum Gasteiger partial charge on any atom is -0.490 e. The summed E-state index contributed by atoms with van der Waals surface area (Å²) in [5.41, 5.74) is 8.40. The number of nitrogens with two attached hydrogens (primary N) is 1. The Labute approximate surface area is 177 Å². The molecule has 1 aliphatic carbocycles. The molecule has 0 spiro atoms. The van der Waals surface area contributed by atoms with Gasteiger partial charge in [0.15, 0.2) is 0 Å². The third-order valence-corrected chi connectivity index (χ3v) is 5.76. The molecule has 162 valence electrons. The van der Waals surface area contributed by atoms with Crippen LogP contribution in [-0.4, -0.2) is 29.2 Å². The lowest BCUT2D eigenvalue weighted by Crippen LogP contribution is -2.45. The van der Waals surface area contributed by atoms with Gasteiger partial charge in [0.25, 0.3) is 0 Å². The summed E-state index contributed by atoms with van der Waals surface area (Å²) in [4.78, 5) is 33.2. The molecular formula is C23H31N3O4. The Morgan fingerprint density at radius 1 is 1.27 bits per heavy atom. The van der Waals surface area contributed by atoms with E-state index in [1.807, 2.05) is 45.0 Å². The number of rotatable bonds is 5. The Morgan fingerprint density at radius 2 is 1.90 bits per heavy atom. The number of carbonyl (C=O) groups is 1. The van der Waals surface area contributed by atoms with E-state index in [1.54, 1.807) is 0 Å². The van der Waals surface area contributed by atoms with Crippen LogP contribution in [0.4, 0.5) is 5.69 Å². The van der Waals surface area contributed by atoms with Crippen molar-refractivity contribution in [2.75, 3.05) is 5.73 Å². The van der Waals surface area contributed by atoms with E-state index in [-0.39, 0.29) is 29.6 Å². The molecule has 0 radical (unpaired) electrons. The molecule has 3 rings (SSSR count). The van der Waals surface area contributed by atoms with Gasteiger partial charge in [-0.2, -0.15) is 9.59 Å². The van der Waals surface area contributed by atoms with Crippen LogP contribution in [-0.2, 0) is 14.4 Å². The lowest BCUT2D eigenvalue weighted by molar-refractivity contribution is -0.191. The van der Waals surface area contributed by atoms with Crippen molar-refractivity contribution in [3.8, 4) is 5.75 Å². The highest BCUT2D eigenvalue weighted by molar-refractivity contribution is 5.95. The van der Waals surface area contributed by atoms with Crippen LogP contribution in [0.5, 0.6) is 5.75 Å². The number of fused-ring (bicyclic) bond motifs is 1. The van der Waals surface area contributed by atoms with E-state index in [2.05, 4.69) is 17.2 Å². The average Bonchev–Trinajstić information content (AvgIpc) is 2.69. The van der Waals surface area contributed by atoms with Crippen molar-refractivity contribution < 1.29 is 19.1 Å². The van der Waals surface area contributed by atoms with Crippen LogP contribution in [0.25, 0.3) is 10.9 Å². The number of ether oxygens (including phenoxy) is 1. The fraction of sp³-hybridized carbons (Fsp3) is 0.522. The second-order valence-electron chi connectivity index (χ2n) is 8.39. The molecule has 1 aliphatic rings. The first kappa shape index (κ1) is 23.4. The first-order chi connectivity index (χ1) is 14.2. The highest BCUT2D eigenvalue weighted by atomic mass is 16.5. The summed E-state index contributed by atoms with van der Waals surface area (Å²) >= 11 is 0. The maximum Gasteiger partial charge on any atom is 0.373 e. The van der Waals surface area contributed by atoms with Crippen molar-refractivity contribution in [1.82, 2.24) is 10.3 Å². The molecule has 0 atom stereocenters. The molecule has 1 amide bonds. The van der Waals surface area contributed by atoms with Crippen LogP contribution < -0.4 is 15.8 Å². The number of carbonyl (C=O) groups excluding carboxylic acids is 3. The average molecular weight is 414 g/mol. The van der Waals surface area contributed by atoms with Crippen LogP contribution in [0, 0.1) is 12.3 Å². The molecule has 30 heavy (non-hydrogen) atoms. The van der Waals surface area contributed by atoms with E-state index < -0.39 is 0 Å². The monoisotopic (exact) mass is 413 g/mol. The minimum atomic E-state index is -0.307. The van der Waals surface area contributed by atoms with Gasteiger partial charge in [0.05, 0.1) is 17.0 Å². The van der Waals surface area contributed by atoms with Crippen LogP contribution >= 0.6 is 0 Å². The molecule has 1 aromatic heterocycles. The topological polar surface area (TPSA) is 111 Å². The Morgan fingerprint density at radius 3 is 2.50 bits per heavy atom. The summed E-state index contributed by atoms with van der Waals surface area (Å²) in [5, 5.41) is 4.11. The highest BCUT2D eigenvalue weighted by Crippen LogP contribution is 2.33. The van der Waals surface area contributed by atoms with Crippen LogP contribution in [0.3, 0.4) is 0 Å². The Bertz CT molecular complexity index is 912. The number of amides is 1. The van der Waals surface area contributed by atoms with E-state index >= 15 is 0 Å². The summed E-state index contributed by atoms with van der Waals surface area (Å²) in [7, 11) is 0. The van der Waals surface area contributed by atoms with Gasteiger partial charge < -0.3 is 15.8 Å². The van der Waals surface area contributed by atoms with Gasteiger partial charge in [-0.15, -0.1) is 0 Å². The van der Waals surface area contributed by atoms with Crippen molar-refractivity contribution in [2.24, 2.45) is 5.41 Å². The van der Waals surface area contributed by atoms with Gasteiger partial charge in [-0.3, -0.25) is 9.78 Å². The number of benzene rings is 1. The number of aromatic nitrogens is 1. The molecule has 7 heteroatoms. The number of nitrogens with one attached hydrogen (secondary N) is 1. The quantitative estimate of drug-likeness (QED) is 0.771. The maximum absolute atomic E-state index is 12.4. The number of nitrogens with zero attached hydrogens (tertiary/aromatic N) is 1. The minimum absolute atomic E-state index is 0.142. The van der Waals surface area contributed by atoms with E-state index in [0.717, 1.165) is 54.5 Å². The third kappa shape index (κ3) is 5.80. The van der Waals surface area contributed by atoms with Crippen molar-refractivity contribution in [3.63, 3.8) is 0 Å². The molecule has 0 unspecified atom stereocenters. The number of aryl methyl sites for hydroxylation is 1. The Hall–Kier alpha value is -2.92. The zero-order valence-corrected chi connectivity index (χ0v) is 18.2. The molecule has 1 heterocycles. The Balaban J connectivity index is 0.00000101. The molecule has 2 aromatic rings. The molecular weight excluding hydrogens is 382 g/mol. The summed E-state index contributed by atoms with van der Waals surface area (Å²) in [6.07, 6.45) is 4.96. The van der Waals surface area contributed by atoms with Gasteiger partial charge in [-0.05, 0) is 57.2 Å². The summed E-state index contributed by atoms with van der Waals surface area (Å²) in [6.45, 7) is 7.99. The smallest absolute Gasteiger partial charge is 0.373 e. The van der Waals surface area contributed by atoms with E-state index in [9.17, 15) is 4.79 Å². The second kappa shape index (κ2) is 10.2. The molecule has 0 aliphatic heterocycles. The first-order valence-electron chi connectivity index (χ1n) is 10.3. The SMILES string of the molecule is CCC(C)(C)C(=O)NC1CCC(Oc2cccc3nc(C)cc(N)c23)CC1.O=C=O. The maximum atomic E-state index is 12.4. The molecule has 7 nitrogen and oxygen atoms in total. The van der Waals surface area contributed by atoms with Gasteiger partial charge in [0, 0.05) is 22.8 Å². The molecule has 3 N–H and O–H groups in total. The van der Waals surface area contributed by atoms with E-state index in [0.29, 0.717) is 5.69 Å². The lowest BCUT2D eigenvalue weighted by Gasteiger charge is -2.32. The van der Waals surface area contributed by atoms with Crippen LogP contribution in [0.15, 0.2) is 24.3 Å². The van der Waals surface area contributed by atoms with Crippen molar-refractivity contribution in [2.45, 2.75) is 71.9 Å². The summed E-state index contributed by atoms with van der Waals surface area (Å²) in [5.74, 6) is 0.953. The standard InChI is InChI=1S/C22H31N3O2.CO2/c1-5-22(3,4)21(26)25-15-9-11-16(12-10-15)27-19-8-6-7-18-20(19)17(23)13-14(2)24-18;2-1-3/h6-8,13,15-16H,5,9-12H2,1-4H3,(H2,23,24)(H,25,26);. The third-order valence-electron chi connectivity index (χ3n) is 5.76. The number of pyridine rings is 1. The largest absolute Gasteiger partial charge is 0.490 e. The predicted octanol–water partition coefficient (Wildman–Crippen LogP) is 3.78. The number of nitrogen functional groups attached to an aromatic ring is 1. The molecule has 1 fully saturated rings. The zero-order valence-electron chi connectivity index (χ0n) is 18.2. The highest BCUT2D eigenvalue weighted by Gasteiger charge is 2.30. The normalized spacial score (nSPS) is 18.7. The fourth-order valence-electron chi connectivity index (χ4n) is 3.57.